The van der Waals surface area contributed by atoms with Gasteiger partial charge in [-0.1, -0.05) is 18.2 Å². The van der Waals surface area contributed by atoms with Crippen LogP contribution in [0.3, 0.4) is 0 Å². The molecular weight excluding hydrogens is 280 g/mol. The van der Waals surface area contributed by atoms with E-state index in [1.54, 1.807) is 6.07 Å². The van der Waals surface area contributed by atoms with Crippen LogP contribution in [-0.4, -0.2) is 25.4 Å². The SMILES string of the molecule is Cc1ccc(N)c(OC2COCC2Oc2ccccc2N)c1. The number of hydrogen-bond acceptors (Lipinski definition) is 5. The molecule has 1 heterocycles. The van der Waals surface area contributed by atoms with Crippen LogP contribution in [0.5, 0.6) is 11.5 Å². The van der Waals surface area contributed by atoms with Crippen LogP contribution in [0, 0.1) is 6.92 Å². The maximum Gasteiger partial charge on any atom is 0.161 e. The zero-order chi connectivity index (χ0) is 15.5. The third kappa shape index (κ3) is 3.09. The van der Waals surface area contributed by atoms with Gasteiger partial charge < -0.3 is 25.7 Å². The molecule has 116 valence electrons. The lowest BCUT2D eigenvalue weighted by atomic mass is 10.2. The Labute approximate surface area is 129 Å². The third-order valence-corrected chi connectivity index (χ3v) is 3.62. The van der Waals surface area contributed by atoms with Gasteiger partial charge in [0.1, 0.15) is 11.5 Å². The predicted octanol–water partition coefficient (Wildman–Crippen LogP) is 2.38. The summed E-state index contributed by atoms with van der Waals surface area (Å²) in [5, 5.41) is 0. The first-order valence-electron chi connectivity index (χ1n) is 7.25. The van der Waals surface area contributed by atoms with E-state index in [1.807, 2.05) is 43.3 Å². The van der Waals surface area contributed by atoms with Gasteiger partial charge in [0.15, 0.2) is 12.2 Å². The molecular formula is C17H20N2O3. The summed E-state index contributed by atoms with van der Waals surface area (Å²) in [6, 6.07) is 13.1. The fourth-order valence-electron chi connectivity index (χ4n) is 2.39. The molecule has 0 saturated carbocycles. The van der Waals surface area contributed by atoms with E-state index >= 15 is 0 Å². The van der Waals surface area contributed by atoms with Crippen molar-refractivity contribution in [2.45, 2.75) is 19.1 Å². The lowest BCUT2D eigenvalue weighted by Gasteiger charge is -2.22. The van der Waals surface area contributed by atoms with Gasteiger partial charge in [-0.05, 0) is 36.8 Å². The molecule has 0 aliphatic carbocycles. The summed E-state index contributed by atoms with van der Waals surface area (Å²) in [4.78, 5) is 0. The summed E-state index contributed by atoms with van der Waals surface area (Å²) in [5.41, 5.74) is 14.2. The van der Waals surface area contributed by atoms with Crippen molar-refractivity contribution in [2.75, 3.05) is 24.7 Å². The van der Waals surface area contributed by atoms with Gasteiger partial charge in [-0.25, -0.2) is 0 Å². The van der Waals surface area contributed by atoms with Gasteiger partial charge in [-0.3, -0.25) is 0 Å². The normalized spacial score (nSPS) is 20.8. The minimum atomic E-state index is -0.219. The van der Waals surface area contributed by atoms with E-state index < -0.39 is 0 Å². The highest BCUT2D eigenvalue weighted by molar-refractivity contribution is 5.54. The number of hydrogen-bond donors (Lipinski definition) is 2. The first-order valence-corrected chi connectivity index (χ1v) is 7.25. The monoisotopic (exact) mass is 300 g/mol. The van der Waals surface area contributed by atoms with E-state index in [0.717, 1.165) is 5.56 Å². The van der Waals surface area contributed by atoms with E-state index in [0.29, 0.717) is 36.1 Å². The Hall–Kier alpha value is -2.40. The minimum Gasteiger partial charge on any atom is -0.482 e. The van der Waals surface area contributed by atoms with E-state index in [9.17, 15) is 0 Å². The lowest BCUT2D eigenvalue weighted by molar-refractivity contribution is 0.0924. The Morgan fingerprint density at radius 3 is 2.27 bits per heavy atom. The fourth-order valence-corrected chi connectivity index (χ4v) is 2.39. The van der Waals surface area contributed by atoms with Gasteiger partial charge in [0.05, 0.1) is 24.6 Å². The molecule has 1 fully saturated rings. The second-order valence-corrected chi connectivity index (χ2v) is 5.43. The van der Waals surface area contributed by atoms with Crippen LogP contribution >= 0.6 is 0 Å². The summed E-state index contributed by atoms with van der Waals surface area (Å²) in [6.07, 6.45) is -0.437. The van der Waals surface area contributed by atoms with Crippen molar-refractivity contribution < 1.29 is 14.2 Å². The molecule has 1 aliphatic heterocycles. The van der Waals surface area contributed by atoms with Crippen LogP contribution in [0.4, 0.5) is 11.4 Å². The summed E-state index contributed by atoms with van der Waals surface area (Å²) >= 11 is 0. The molecule has 0 radical (unpaired) electrons. The predicted molar refractivity (Wildman–Crippen MR) is 86.1 cm³/mol. The molecule has 2 unspecified atom stereocenters. The first kappa shape index (κ1) is 14.5. The molecule has 0 bridgehead atoms. The smallest absolute Gasteiger partial charge is 0.161 e. The lowest BCUT2D eigenvalue weighted by Crippen LogP contribution is -2.35. The molecule has 0 amide bonds. The summed E-state index contributed by atoms with van der Waals surface area (Å²) in [5.74, 6) is 1.30. The minimum absolute atomic E-state index is 0.218. The largest absolute Gasteiger partial charge is 0.482 e. The van der Waals surface area contributed by atoms with Crippen molar-refractivity contribution in [3.63, 3.8) is 0 Å². The first-order chi connectivity index (χ1) is 10.6. The van der Waals surface area contributed by atoms with Crippen molar-refractivity contribution in [1.29, 1.82) is 0 Å². The maximum atomic E-state index is 6.00. The number of anilines is 2. The van der Waals surface area contributed by atoms with Gasteiger partial charge in [0.25, 0.3) is 0 Å². The fraction of sp³-hybridized carbons (Fsp3) is 0.294. The van der Waals surface area contributed by atoms with E-state index in [4.69, 9.17) is 25.7 Å². The molecule has 2 atom stereocenters. The summed E-state index contributed by atoms with van der Waals surface area (Å²) in [6.45, 7) is 2.92. The van der Waals surface area contributed by atoms with Crippen LogP contribution in [-0.2, 0) is 4.74 Å². The van der Waals surface area contributed by atoms with Gasteiger partial charge in [0.2, 0.25) is 0 Å². The highest BCUT2D eigenvalue weighted by Crippen LogP contribution is 2.28. The molecule has 2 aromatic rings. The zero-order valence-electron chi connectivity index (χ0n) is 12.5. The molecule has 1 saturated heterocycles. The number of nitrogen functional groups attached to an aromatic ring is 2. The molecule has 0 aromatic heterocycles. The molecule has 3 rings (SSSR count). The molecule has 1 aliphatic rings. The topological polar surface area (TPSA) is 79.7 Å². The Kier molecular flexibility index (Phi) is 4.06. The molecule has 4 N–H and O–H groups in total. The van der Waals surface area contributed by atoms with Crippen molar-refractivity contribution in [1.82, 2.24) is 0 Å². The number of para-hydroxylation sites is 2. The van der Waals surface area contributed by atoms with Crippen molar-refractivity contribution >= 4 is 11.4 Å². The zero-order valence-corrected chi connectivity index (χ0v) is 12.5. The maximum absolute atomic E-state index is 6.00. The van der Waals surface area contributed by atoms with Crippen LogP contribution in [0.1, 0.15) is 5.56 Å². The van der Waals surface area contributed by atoms with Crippen LogP contribution in [0.15, 0.2) is 42.5 Å². The second kappa shape index (κ2) is 6.15. The average molecular weight is 300 g/mol. The summed E-state index contributed by atoms with van der Waals surface area (Å²) in [7, 11) is 0. The van der Waals surface area contributed by atoms with Gasteiger partial charge in [0, 0.05) is 0 Å². The standard InChI is InChI=1S/C17H20N2O3/c1-11-6-7-13(19)15(8-11)22-17-10-20-9-16(17)21-14-5-3-2-4-12(14)18/h2-8,16-17H,9-10,18-19H2,1H3. The van der Waals surface area contributed by atoms with Gasteiger partial charge >= 0.3 is 0 Å². The molecule has 2 aromatic carbocycles. The van der Waals surface area contributed by atoms with E-state index in [1.165, 1.54) is 0 Å². The Morgan fingerprint density at radius 1 is 0.909 bits per heavy atom. The Balaban J connectivity index is 1.73. The molecule has 0 spiro atoms. The van der Waals surface area contributed by atoms with Crippen molar-refractivity contribution in [3.8, 4) is 11.5 Å². The molecule has 5 nitrogen and oxygen atoms in total. The van der Waals surface area contributed by atoms with Crippen LogP contribution in [0.2, 0.25) is 0 Å². The van der Waals surface area contributed by atoms with E-state index in [-0.39, 0.29) is 12.2 Å². The van der Waals surface area contributed by atoms with Crippen molar-refractivity contribution in [2.24, 2.45) is 0 Å². The highest BCUT2D eigenvalue weighted by atomic mass is 16.6. The van der Waals surface area contributed by atoms with Gasteiger partial charge in [-0.15, -0.1) is 0 Å². The Morgan fingerprint density at radius 2 is 1.55 bits per heavy atom. The number of rotatable bonds is 4. The quantitative estimate of drug-likeness (QED) is 0.847. The summed E-state index contributed by atoms with van der Waals surface area (Å²) < 4.78 is 17.4. The molecule has 22 heavy (non-hydrogen) atoms. The van der Waals surface area contributed by atoms with E-state index in [2.05, 4.69) is 0 Å². The number of benzene rings is 2. The average Bonchev–Trinajstić information content (AvgIpc) is 2.92. The van der Waals surface area contributed by atoms with Crippen molar-refractivity contribution in [3.05, 3.63) is 48.0 Å². The van der Waals surface area contributed by atoms with Crippen LogP contribution in [0.25, 0.3) is 0 Å². The number of nitrogens with two attached hydrogens (primary N) is 2. The third-order valence-electron chi connectivity index (χ3n) is 3.62. The second-order valence-electron chi connectivity index (χ2n) is 5.43. The van der Waals surface area contributed by atoms with Gasteiger partial charge in [-0.2, -0.15) is 0 Å². The van der Waals surface area contributed by atoms with Crippen LogP contribution < -0.4 is 20.9 Å². The Bertz CT molecular complexity index is 660. The highest BCUT2D eigenvalue weighted by Gasteiger charge is 2.32. The number of aryl methyl sites for hydroxylation is 1. The molecule has 5 heteroatoms. The number of ether oxygens (including phenoxy) is 3.